The van der Waals surface area contributed by atoms with E-state index in [4.69, 9.17) is 0 Å². The summed E-state index contributed by atoms with van der Waals surface area (Å²) in [6, 6.07) is 8.33. The molecule has 0 radical (unpaired) electrons. The van der Waals surface area contributed by atoms with Gasteiger partial charge in [0.05, 0.1) is 6.10 Å². The Morgan fingerprint density at radius 2 is 1.80 bits per heavy atom. The van der Waals surface area contributed by atoms with Crippen molar-refractivity contribution in [3.05, 3.63) is 35.4 Å². The van der Waals surface area contributed by atoms with E-state index in [1.54, 1.807) is 0 Å². The van der Waals surface area contributed by atoms with Crippen molar-refractivity contribution in [1.82, 2.24) is 9.80 Å². The average molecular weight is 276 g/mol. The summed E-state index contributed by atoms with van der Waals surface area (Å²) < 4.78 is 0. The van der Waals surface area contributed by atoms with E-state index < -0.39 is 6.10 Å². The molecule has 1 N–H and O–H groups in total. The van der Waals surface area contributed by atoms with Gasteiger partial charge in [-0.3, -0.25) is 4.90 Å². The van der Waals surface area contributed by atoms with E-state index in [1.807, 2.05) is 12.1 Å². The molecule has 0 amide bonds. The maximum Gasteiger partial charge on any atom is 0.0942 e. The number of nitrogens with zero attached hydrogens (tertiary/aromatic N) is 2. The molecule has 3 heteroatoms. The minimum Gasteiger partial charge on any atom is -0.387 e. The zero-order chi connectivity index (χ0) is 14.5. The van der Waals surface area contributed by atoms with Gasteiger partial charge in [-0.2, -0.15) is 0 Å². The number of aryl methyl sites for hydroxylation is 1. The second-order valence-corrected chi connectivity index (χ2v) is 6.13. The minimum absolute atomic E-state index is 0.139. The van der Waals surface area contributed by atoms with Crippen LogP contribution in [0.4, 0.5) is 0 Å². The van der Waals surface area contributed by atoms with Crippen molar-refractivity contribution in [2.45, 2.75) is 38.8 Å². The van der Waals surface area contributed by atoms with E-state index >= 15 is 0 Å². The Bertz CT molecular complexity index is 398. The molecule has 0 aliphatic carbocycles. The second-order valence-electron chi connectivity index (χ2n) is 6.13. The monoisotopic (exact) mass is 276 g/mol. The third-order valence-corrected chi connectivity index (χ3v) is 4.54. The van der Waals surface area contributed by atoms with Crippen LogP contribution in [0.25, 0.3) is 0 Å². The Morgan fingerprint density at radius 1 is 1.20 bits per heavy atom. The maximum absolute atomic E-state index is 10.5. The van der Waals surface area contributed by atoms with Crippen LogP contribution in [-0.4, -0.2) is 54.2 Å². The Labute approximate surface area is 123 Å². The van der Waals surface area contributed by atoms with Gasteiger partial charge in [0.2, 0.25) is 0 Å². The highest BCUT2D eigenvalue weighted by molar-refractivity contribution is 5.23. The quantitative estimate of drug-likeness (QED) is 0.864. The van der Waals surface area contributed by atoms with Crippen LogP contribution in [0.2, 0.25) is 0 Å². The molecule has 2 atom stereocenters. The number of likely N-dealkylation sites (N-methyl/N-ethyl adjacent to an activating group) is 1. The number of aliphatic hydroxyl groups is 1. The molecule has 1 aliphatic rings. The van der Waals surface area contributed by atoms with Crippen molar-refractivity contribution in [2.75, 3.05) is 33.2 Å². The van der Waals surface area contributed by atoms with Crippen LogP contribution in [0.1, 0.15) is 37.0 Å². The fraction of sp³-hybridized carbons (Fsp3) is 0.647. The van der Waals surface area contributed by atoms with E-state index in [1.165, 1.54) is 31.5 Å². The fourth-order valence-corrected chi connectivity index (χ4v) is 2.79. The van der Waals surface area contributed by atoms with Crippen LogP contribution in [0.3, 0.4) is 0 Å². The van der Waals surface area contributed by atoms with Crippen molar-refractivity contribution < 1.29 is 5.11 Å². The van der Waals surface area contributed by atoms with Gasteiger partial charge in [0.15, 0.2) is 0 Å². The van der Waals surface area contributed by atoms with Crippen LogP contribution in [0.5, 0.6) is 0 Å². The molecule has 1 aromatic carbocycles. The highest BCUT2D eigenvalue weighted by atomic mass is 16.3. The first-order valence-corrected chi connectivity index (χ1v) is 7.75. The third kappa shape index (κ3) is 4.05. The number of hydrogen-bond acceptors (Lipinski definition) is 3. The molecule has 1 aromatic rings. The zero-order valence-corrected chi connectivity index (χ0v) is 13.0. The third-order valence-electron chi connectivity index (χ3n) is 4.54. The summed E-state index contributed by atoms with van der Waals surface area (Å²) in [6.45, 7) is 8.79. The summed E-state index contributed by atoms with van der Waals surface area (Å²) in [5.41, 5.74) is 2.24. The molecular weight excluding hydrogens is 248 g/mol. The molecule has 2 rings (SSSR count). The molecule has 3 nitrogen and oxygen atoms in total. The lowest BCUT2D eigenvalue weighted by Gasteiger charge is -2.30. The molecule has 2 unspecified atom stereocenters. The Hall–Kier alpha value is -0.900. The van der Waals surface area contributed by atoms with Crippen molar-refractivity contribution in [3.8, 4) is 0 Å². The normalized spacial score (nSPS) is 19.4. The Balaban J connectivity index is 1.84. The first-order chi connectivity index (χ1) is 9.58. The van der Waals surface area contributed by atoms with E-state index in [9.17, 15) is 5.11 Å². The van der Waals surface area contributed by atoms with E-state index in [0.29, 0.717) is 0 Å². The predicted octanol–water partition coefficient (Wildman–Crippen LogP) is 2.44. The average Bonchev–Trinajstić information content (AvgIpc) is 2.97. The molecule has 0 aromatic heterocycles. The minimum atomic E-state index is -0.417. The molecule has 20 heavy (non-hydrogen) atoms. The van der Waals surface area contributed by atoms with Gasteiger partial charge in [0.1, 0.15) is 0 Å². The number of benzene rings is 1. The first-order valence-electron chi connectivity index (χ1n) is 7.75. The lowest BCUT2D eigenvalue weighted by molar-refractivity contribution is 0.0680. The van der Waals surface area contributed by atoms with Gasteiger partial charge < -0.3 is 10.0 Å². The van der Waals surface area contributed by atoms with Crippen LogP contribution in [0, 0.1) is 6.92 Å². The summed E-state index contributed by atoms with van der Waals surface area (Å²) in [4.78, 5) is 4.78. The molecule has 0 bridgehead atoms. The Morgan fingerprint density at radius 3 is 2.40 bits per heavy atom. The molecule has 112 valence electrons. The van der Waals surface area contributed by atoms with Crippen LogP contribution < -0.4 is 0 Å². The summed E-state index contributed by atoms with van der Waals surface area (Å²) in [5, 5.41) is 10.5. The standard InChI is InChI=1S/C17H28N2O/c1-14-6-8-16(9-7-14)17(20)15(2)18(3)12-13-19-10-4-5-11-19/h6-9,15,17,20H,4-5,10-13H2,1-3H3. The number of likely N-dealkylation sites (tertiary alicyclic amines) is 1. The van der Waals surface area contributed by atoms with Crippen molar-refractivity contribution in [3.63, 3.8) is 0 Å². The van der Waals surface area contributed by atoms with Gasteiger partial charge in [-0.25, -0.2) is 0 Å². The number of rotatable bonds is 6. The highest BCUT2D eigenvalue weighted by Gasteiger charge is 2.21. The lowest BCUT2D eigenvalue weighted by Crippen LogP contribution is -2.39. The van der Waals surface area contributed by atoms with Gasteiger partial charge in [-0.05, 0) is 52.4 Å². The molecule has 1 heterocycles. The van der Waals surface area contributed by atoms with Gasteiger partial charge in [-0.15, -0.1) is 0 Å². The highest BCUT2D eigenvalue weighted by Crippen LogP contribution is 2.20. The van der Waals surface area contributed by atoms with Crippen LogP contribution in [-0.2, 0) is 0 Å². The summed E-state index contributed by atoms with van der Waals surface area (Å²) in [7, 11) is 2.11. The lowest BCUT2D eigenvalue weighted by atomic mass is 10.0. The second kappa shape index (κ2) is 7.21. The largest absolute Gasteiger partial charge is 0.387 e. The van der Waals surface area contributed by atoms with E-state index in [-0.39, 0.29) is 6.04 Å². The number of hydrogen-bond donors (Lipinski definition) is 1. The van der Waals surface area contributed by atoms with E-state index in [0.717, 1.165) is 18.7 Å². The van der Waals surface area contributed by atoms with Gasteiger partial charge in [0, 0.05) is 19.1 Å². The molecule has 1 aliphatic heterocycles. The van der Waals surface area contributed by atoms with Crippen LogP contribution >= 0.6 is 0 Å². The molecule has 0 saturated carbocycles. The van der Waals surface area contributed by atoms with Gasteiger partial charge in [0.25, 0.3) is 0 Å². The fourth-order valence-electron chi connectivity index (χ4n) is 2.79. The first kappa shape index (κ1) is 15.5. The molecular formula is C17H28N2O. The summed E-state index contributed by atoms with van der Waals surface area (Å²) in [6.07, 6.45) is 2.26. The zero-order valence-electron chi connectivity index (χ0n) is 13.0. The number of aliphatic hydroxyl groups excluding tert-OH is 1. The van der Waals surface area contributed by atoms with E-state index in [2.05, 4.69) is 42.8 Å². The van der Waals surface area contributed by atoms with Crippen molar-refractivity contribution >= 4 is 0 Å². The molecule has 1 fully saturated rings. The summed E-state index contributed by atoms with van der Waals surface area (Å²) >= 11 is 0. The summed E-state index contributed by atoms with van der Waals surface area (Å²) in [5.74, 6) is 0. The Kier molecular flexibility index (Phi) is 5.58. The van der Waals surface area contributed by atoms with Crippen molar-refractivity contribution in [1.29, 1.82) is 0 Å². The van der Waals surface area contributed by atoms with Crippen LogP contribution in [0.15, 0.2) is 24.3 Å². The molecule has 1 saturated heterocycles. The van der Waals surface area contributed by atoms with Gasteiger partial charge >= 0.3 is 0 Å². The predicted molar refractivity (Wildman–Crippen MR) is 83.9 cm³/mol. The maximum atomic E-state index is 10.5. The topological polar surface area (TPSA) is 26.7 Å². The smallest absolute Gasteiger partial charge is 0.0942 e. The van der Waals surface area contributed by atoms with Gasteiger partial charge in [-0.1, -0.05) is 29.8 Å². The molecule has 0 spiro atoms. The van der Waals surface area contributed by atoms with Crippen molar-refractivity contribution in [2.24, 2.45) is 0 Å². The SMILES string of the molecule is Cc1ccc(C(O)C(C)N(C)CCN2CCCC2)cc1.